The van der Waals surface area contributed by atoms with E-state index in [-0.39, 0.29) is 17.2 Å². The molecule has 16 heavy (non-hydrogen) atoms. The molecule has 0 radical (unpaired) electrons. The largest absolute Gasteiger partial charge is 0.384 e. The number of nitrogens with one attached hydrogen (secondary N) is 1. The van der Waals surface area contributed by atoms with Crippen molar-refractivity contribution >= 4 is 5.78 Å². The third kappa shape index (κ3) is 1.77. The van der Waals surface area contributed by atoms with Crippen molar-refractivity contribution in [1.29, 1.82) is 5.26 Å². The lowest BCUT2D eigenvalue weighted by Gasteiger charge is -1.98. The molecule has 1 aromatic heterocycles. The molecule has 78 valence electrons. The normalized spacial score (nSPS) is 9.44. The van der Waals surface area contributed by atoms with Gasteiger partial charge in [-0.25, -0.2) is 0 Å². The summed E-state index contributed by atoms with van der Waals surface area (Å²) in [6, 6.07) is 8.69. The summed E-state index contributed by atoms with van der Waals surface area (Å²) in [5.74, 6) is -0.125. The van der Waals surface area contributed by atoms with Gasteiger partial charge >= 0.3 is 0 Å². The summed E-state index contributed by atoms with van der Waals surface area (Å²) in [7, 11) is 0. The molecule has 0 aliphatic heterocycles. The molecule has 2 rings (SSSR count). The van der Waals surface area contributed by atoms with E-state index in [4.69, 9.17) is 5.26 Å². The molecule has 0 bridgehead atoms. The van der Waals surface area contributed by atoms with Gasteiger partial charge in [0.25, 0.3) is 6.26 Å². The molecule has 0 spiro atoms. The number of ketones is 1. The summed E-state index contributed by atoms with van der Waals surface area (Å²) in [6.07, 6.45) is 2.80. The minimum atomic E-state index is -0.261. The van der Waals surface area contributed by atoms with Crippen LogP contribution in [0.15, 0.2) is 36.5 Å². The first-order chi connectivity index (χ1) is 7.83. The molecule has 0 atom stereocenters. The van der Waals surface area contributed by atoms with Crippen LogP contribution in [0.1, 0.15) is 16.1 Å². The topological polar surface area (TPSA) is 78.8 Å². The fraction of sp³-hybridized carbons (Fsp3) is 0. The number of nitriles is 1. The number of ether oxygens (including phenoxy) is 1. The molecular formula is C11H7N3O2. The van der Waals surface area contributed by atoms with Gasteiger partial charge in [0.15, 0.2) is 5.75 Å². The molecule has 0 fully saturated rings. The minimum Gasteiger partial charge on any atom is -0.384 e. The second-order valence-corrected chi connectivity index (χ2v) is 3.00. The van der Waals surface area contributed by atoms with E-state index in [1.165, 1.54) is 12.5 Å². The summed E-state index contributed by atoms with van der Waals surface area (Å²) in [5.41, 5.74) is 0.683. The van der Waals surface area contributed by atoms with Gasteiger partial charge in [-0.15, -0.1) is 5.26 Å². The van der Waals surface area contributed by atoms with Crippen molar-refractivity contribution in [1.82, 2.24) is 10.2 Å². The second kappa shape index (κ2) is 4.28. The molecule has 1 N–H and O–H groups in total. The summed E-state index contributed by atoms with van der Waals surface area (Å²) in [6.45, 7) is 0. The Labute approximate surface area is 91.3 Å². The standard InChI is InChI=1S/C11H7N3O2/c12-7-16-9-6-13-14-10(9)11(15)8-4-2-1-3-5-8/h1-6H,(H,13,14). The van der Waals surface area contributed by atoms with E-state index in [0.717, 1.165) is 0 Å². The molecule has 0 saturated heterocycles. The summed E-state index contributed by atoms with van der Waals surface area (Å²) >= 11 is 0. The third-order valence-electron chi connectivity index (χ3n) is 2.02. The Bertz CT molecular complexity index is 540. The van der Waals surface area contributed by atoms with Crippen molar-refractivity contribution in [2.75, 3.05) is 0 Å². The van der Waals surface area contributed by atoms with Crippen molar-refractivity contribution in [2.45, 2.75) is 0 Å². The van der Waals surface area contributed by atoms with E-state index in [9.17, 15) is 4.79 Å². The predicted molar refractivity (Wildman–Crippen MR) is 54.7 cm³/mol. The first kappa shape index (κ1) is 9.93. The average Bonchev–Trinajstić information content (AvgIpc) is 2.78. The highest BCUT2D eigenvalue weighted by Gasteiger charge is 2.16. The van der Waals surface area contributed by atoms with Crippen LogP contribution in [0.25, 0.3) is 0 Å². The van der Waals surface area contributed by atoms with Crippen LogP contribution in [0.2, 0.25) is 0 Å². The molecule has 0 aliphatic carbocycles. The van der Waals surface area contributed by atoms with E-state index in [0.29, 0.717) is 5.56 Å². The highest BCUT2D eigenvalue weighted by molar-refractivity contribution is 6.09. The quantitative estimate of drug-likeness (QED) is 0.619. The lowest BCUT2D eigenvalue weighted by atomic mass is 10.1. The van der Waals surface area contributed by atoms with Gasteiger partial charge in [0.05, 0.1) is 6.20 Å². The van der Waals surface area contributed by atoms with Crippen molar-refractivity contribution in [2.24, 2.45) is 0 Å². The van der Waals surface area contributed by atoms with E-state index in [1.54, 1.807) is 24.3 Å². The van der Waals surface area contributed by atoms with Crippen LogP contribution in [-0.4, -0.2) is 16.0 Å². The van der Waals surface area contributed by atoms with Crippen LogP contribution >= 0.6 is 0 Å². The van der Waals surface area contributed by atoms with Gasteiger partial charge < -0.3 is 4.74 Å². The SMILES string of the molecule is N#COc1cn[nH]c1C(=O)c1ccccc1. The zero-order valence-electron chi connectivity index (χ0n) is 8.18. The Kier molecular flexibility index (Phi) is 2.65. The highest BCUT2D eigenvalue weighted by Crippen LogP contribution is 2.18. The number of carbonyl (C=O) groups excluding carboxylic acids is 1. The Morgan fingerprint density at radius 1 is 1.38 bits per heavy atom. The van der Waals surface area contributed by atoms with Gasteiger partial charge in [-0.05, 0) is 0 Å². The number of carbonyl (C=O) groups is 1. The average molecular weight is 213 g/mol. The van der Waals surface area contributed by atoms with Gasteiger partial charge in [0, 0.05) is 5.56 Å². The van der Waals surface area contributed by atoms with Crippen molar-refractivity contribution in [3.05, 3.63) is 47.8 Å². The van der Waals surface area contributed by atoms with Gasteiger partial charge in [0.1, 0.15) is 5.69 Å². The van der Waals surface area contributed by atoms with Gasteiger partial charge in [-0.2, -0.15) is 5.10 Å². The van der Waals surface area contributed by atoms with Crippen LogP contribution in [0.3, 0.4) is 0 Å². The summed E-state index contributed by atoms with van der Waals surface area (Å²) in [5, 5.41) is 14.6. The van der Waals surface area contributed by atoms with Crippen LogP contribution in [0.4, 0.5) is 0 Å². The number of rotatable bonds is 3. The highest BCUT2D eigenvalue weighted by atomic mass is 16.5. The number of benzene rings is 1. The maximum atomic E-state index is 11.9. The maximum Gasteiger partial charge on any atom is 0.292 e. The summed E-state index contributed by atoms with van der Waals surface area (Å²) in [4.78, 5) is 11.9. The number of aromatic amines is 1. The van der Waals surface area contributed by atoms with E-state index in [1.807, 2.05) is 6.07 Å². The lowest BCUT2D eigenvalue weighted by molar-refractivity contribution is 0.103. The molecule has 0 amide bonds. The third-order valence-corrected chi connectivity index (χ3v) is 2.02. The number of aromatic nitrogens is 2. The first-order valence-corrected chi connectivity index (χ1v) is 4.52. The molecule has 5 heteroatoms. The number of hydrogen-bond donors (Lipinski definition) is 1. The number of hydrogen-bond acceptors (Lipinski definition) is 4. The first-order valence-electron chi connectivity index (χ1n) is 4.52. The molecule has 1 aromatic carbocycles. The van der Waals surface area contributed by atoms with Gasteiger partial charge in [0.2, 0.25) is 5.78 Å². The Morgan fingerprint density at radius 2 is 2.12 bits per heavy atom. The maximum absolute atomic E-state index is 11.9. The Balaban J connectivity index is 2.35. The molecule has 2 aromatic rings. The second-order valence-electron chi connectivity index (χ2n) is 3.00. The fourth-order valence-electron chi connectivity index (χ4n) is 1.30. The number of nitrogens with zero attached hydrogens (tertiary/aromatic N) is 2. The molecule has 5 nitrogen and oxygen atoms in total. The molecule has 0 aliphatic rings. The van der Waals surface area contributed by atoms with Gasteiger partial charge in [-0.1, -0.05) is 30.3 Å². The number of H-pyrrole nitrogens is 1. The van der Waals surface area contributed by atoms with Crippen LogP contribution in [0, 0.1) is 11.5 Å². The molecular weight excluding hydrogens is 206 g/mol. The van der Waals surface area contributed by atoms with Gasteiger partial charge in [-0.3, -0.25) is 9.89 Å². The Morgan fingerprint density at radius 3 is 2.81 bits per heavy atom. The predicted octanol–water partition coefficient (Wildman–Crippen LogP) is 1.50. The summed E-state index contributed by atoms with van der Waals surface area (Å²) < 4.78 is 4.61. The van der Waals surface area contributed by atoms with Crippen LogP contribution in [0.5, 0.6) is 5.75 Å². The monoisotopic (exact) mass is 213 g/mol. The molecule has 0 unspecified atom stereocenters. The van der Waals surface area contributed by atoms with Crippen molar-refractivity contribution in [3.8, 4) is 12.0 Å². The lowest BCUT2D eigenvalue weighted by Crippen LogP contribution is -2.03. The zero-order valence-corrected chi connectivity index (χ0v) is 8.18. The zero-order chi connectivity index (χ0) is 11.4. The Hall–Kier alpha value is -2.61. The smallest absolute Gasteiger partial charge is 0.292 e. The molecule has 0 saturated carbocycles. The van der Waals surface area contributed by atoms with Crippen molar-refractivity contribution < 1.29 is 9.53 Å². The fourth-order valence-corrected chi connectivity index (χ4v) is 1.30. The van der Waals surface area contributed by atoms with Crippen molar-refractivity contribution in [3.63, 3.8) is 0 Å². The van der Waals surface area contributed by atoms with E-state index >= 15 is 0 Å². The van der Waals surface area contributed by atoms with Crippen LogP contribution in [-0.2, 0) is 0 Å². The molecule has 1 heterocycles. The van der Waals surface area contributed by atoms with Crippen LogP contribution < -0.4 is 4.74 Å². The van der Waals surface area contributed by atoms with E-state index in [2.05, 4.69) is 14.9 Å². The van der Waals surface area contributed by atoms with E-state index < -0.39 is 0 Å². The minimum absolute atomic E-state index is 0.136.